The molecule has 0 aliphatic rings. The van der Waals surface area contributed by atoms with E-state index in [-0.39, 0.29) is 12.1 Å². The third-order valence-corrected chi connectivity index (χ3v) is 4.61. The number of hydrogen-bond acceptors (Lipinski definition) is 6. The van der Waals surface area contributed by atoms with Crippen LogP contribution in [0.2, 0.25) is 0 Å². The summed E-state index contributed by atoms with van der Waals surface area (Å²) in [6, 6.07) is 10.7. The Morgan fingerprint density at radius 1 is 1.21 bits per heavy atom. The fourth-order valence-electron chi connectivity index (χ4n) is 2.55. The molecule has 0 saturated carbocycles. The molecule has 0 fully saturated rings. The van der Waals surface area contributed by atoms with E-state index in [0.29, 0.717) is 16.5 Å². The molecule has 0 N–H and O–H groups in total. The molecule has 0 saturated heterocycles. The number of nitrogens with zero attached hydrogens (tertiary/aromatic N) is 4. The van der Waals surface area contributed by atoms with Crippen LogP contribution in [0.4, 0.5) is 0 Å². The molecule has 0 amide bonds. The van der Waals surface area contributed by atoms with Crippen LogP contribution < -0.4 is 11.3 Å². The van der Waals surface area contributed by atoms with Gasteiger partial charge in [-0.15, -0.1) is 11.3 Å². The van der Waals surface area contributed by atoms with Gasteiger partial charge < -0.3 is 0 Å². The van der Waals surface area contributed by atoms with Crippen molar-refractivity contribution >= 4 is 16.3 Å². The Bertz CT molecular complexity index is 1140. The lowest BCUT2D eigenvalue weighted by Crippen LogP contribution is -2.20. The van der Waals surface area contributed by atoms with E-state index in [2.05, 4.69) is 10.1 Å². The van der Waals surface area contributed by atoms with Crippen LogP contribution >= 0.6 is 11.3 Å². The van der Waals surface area contributed by atoms with Crippen LogP contribution in [0.3, 0.4) is 0 Å². The second-order valence-electron chi connectivity index (χ2n) is 5.31. The van der Waals surface area contributed by atoms with Gasteiger partial charge in [0.25, 0.3) is 5.56 Å². The van der Waals surface area contributed by atoms with Gasteiger partial charge in [0.15, 0.2) is 10.8 Å². The van der Waals surface area contributed by atoms with Crippen molar-refractivity contribution < 1.29 is 4.52 Å². The fraction of sp³-hybridized carbons (Fsp3) is 0.125. The van der Waals surface area contributed by atoms with Crippen LogP contribution in [0.15, 0.2) is 55.9 Å². The summed E-state index contributed by atoms with van der Waals surface area (Å²) >= 11 is 1.39. The van der Waals surface area contributed by atoms with Crippen molar-refractivity contribution in [3.63, 3.8) is 0 Å². The maximum absolute atomic E-state index is 12.3. The molecule has 0 aliphatic heterocycles. The Hall–Kier alpha value is -3.00. The highest BCUT2D eigenvalue weighted by molar-refractivity contribution is 7.15. The number of aryl methyl sites for hydroxylation is 1. The van der Waals surface area contributed by atoms with E-state index in [1.165, 1.54) is 22.0 Å². The number of rotatable bonds is 3. The first-order valence-corrected chi connectivity index (χ1v) is 8.10. The van der Waals surface area contributed by atoms with E-state index in [0.717, 1.165) is 11.3 Å². The van der Waals surface area contributed by atoms with Crippen molar-refractivity contribution in [3.8, 4) is 11.4 Å². The molecule has 0 unspecified atom stereocenters. The number of fused-ring (bicyclic) bond motifs is 1. The van der Waals surface area contributed by atoms with Crippen LogP contribution in [0, 0.1) is 6.92 Å². The molecule has 1 aromatic carbocycles. The zero-order valence-electron chi connectivity index (χ0n) is 12.7. The molecular formula is C16H12N4O3S. The molecule has 0 bridgehead atoms. The van der Waals surface area contributed by atoms with Gasteiger partial charge in [0.2, 0.25) is 0 Å². The highest BCUT2D eigenvalue weighted by Crippen LogP contribution is 2.16. The summed E-state index contributed by atoms with van der Waals surface area (Å²) in [5.41, 5.74) is 1.92. The van der Waals surface area contributed by atoms with E-state index in [4.69, 9.17) is 4.52 Å². The maximum atomic E-state index is 12.3. The van der Waals surface area contributed by atoms with Crippen molar-refractivity contribution in [1.82, 2.24) is 19.1 Å². The van der Waals surface area contributed by atoms with E-state index < -0.39 is 5.76 Å². The summed E-state index contributed by atoms with van der Waals surface area (Å²) in [7, 11) is 0. The first kappa shape index (κ1) is 14.6. The molecule has 0 aliphatic carbocycles. The molecule has 4 rings (SSSR count). The summed E-state index contributed by atoms with van der Waals surface area (Å²) in [6.07, 6.45) is 0. The normalized spacial score (nSPS) is 11.2. The second-order valence-corrected chi connectivity index (χ2v) is 6.14. The lowest BCUT2D eigenvalue weighted by molar-refractivity contribution is 0.378. The molecule has 3 heterocycles. The van der Waals surface area contributed by atoms with Crippen molar-refractivity contribution in [2.45, 2.75) is 13.5 Å². The van der Waals surface area contributed by atoms with Gasteiger partial charge in [0.05, 0.1) is 12.2 Å². The number of hydrogen-bond donors (Lipinski definition) is 0. The Labute approximate surface area is 139 Å². The van der Waals surface area contributed by atoms with E-state index in [1.807, 2.05) is 42.6 Å². The Kier molecular flexibility index (Phi) is 3.39. The Morgan fingerprint density at radius 3 is 2.79 bits per heavy atom. The molecular weight excluding hydrogens is 328 g/mol. The summed E-state index contributed by atoms with van der Waals surface area (Å²) in [4.78, 5) is 29.3. The topological polar surface area (TPSA) is 82.4 Å². The third kappa shape index (κ3) is 2.37. The van der Waals surface area contributed by atoms with Crippen LogP contribution in [-0.2, 0) is 6.54 Å². The second kappa shape index (κ2) is 5.57. The molecule has 4 aromatic rings. The zero-order valence-corrected chi connectivity index (χ0v) is 13.5. The summed E-state index contributed by atoms with van der Waals surface area (Å²) in [5.74, 6) is -0.178. The first-order valence-electron chi connectivity index (χ1n) is 7.22. The van der Waals surface area contributed by atoms with Crippen molar-refractivity contribution in [3.05, 3.63) is 74.1 Å². The molecule has 0 atom stereocenters. The van der Waals surface area contributed by atoms with Crippen molar-refractivity contribution in [2.75, 3.05) is 0 Å². The predicted octanol–water partition coefficient (Wildman–Crippen LogP) is 1.93. The quantitative estimate of drug-likeness (QED) is 0.569. The van der Waals surface area contributed by atoms with Gasteiger partial charge in [-0.25, -0.2) is 9.78 Å². The first-order chi connectivity index (χ1) is 11.6. The zero-order chi connectivity index (χ0) is 16.7. The minimum absolute atomic E-state index is 0.120. The monoisotopic (exact) mass is 340 g/mol. The standard InChI is InChI=1S/C16H12N4O3S/c1-10-9-24-15-17-12(7-13(21)20(10)15)8-19-14(18-23-16(19)22)11-5-3-2-4-6-11/h2-7,9H,8H2,1H3. The van der Waals surface area contributed by atoms with Crippen molar-refractivity contribution in [2.24, 2.45) is 0 Å². The lowest BCUT2D eigenvalue weighted by atomic mass is 10.2. The SMILES string of the molecule is Cc1csc2nc(Cn3c(-c4ccccc4)noc3=O)cc(=O)n12. The summed E-state index contributed by atoms with van der Waals surface area (Å²) in [5, 5.41) is 5.71. The number of benzene rings is 1. The number of thiazole rings is 1. The average molecular weight is 340 g/mol. The summed E-state index contributed by atoms with van der Waals surface area (Å²) in [6.45, 7) is 1.97. The summed E-state index contributed by atoms with van der Waals surface area (Å²) < 4.78 is 7.71. The van der Waals surface area contributed by atoms with Gasteiger partial charge in [-0.2, -0.15) is 0 Å². The van der Waals surface area contributed by atoms with Crippen LogP contribution in [0.25, 0.3) is 16.3 Å². The van der Waals surface area contributed by atoms with E-state index in [1.54, 1.807) is 4.40 Å². The largest absolute Gasteiger partial charge is 0.442 e. The molecule has 0 radical (unpaired) electrons. The van der Waals surface area contributed by atoms with Crippen LogP contribution in [0.1, 0.15) is 11.4 Å². The van der Waals surface area contributed by atoms with Gasteiger partial charge in [-0.05, 0) is 6.92 Å². The van der Waals surface area contributed by atoms with Crippen LogP contribution in [-0.4, -0.2) is 19.1 Å². The van der Waals surface area contributed by atoms with Gasteiger partial charge in [0.1, 0.15) is 0 Å². The molecule has 0 spiro atoms. The van der Waals surface area contributed by atoms with Crippen LogP contribution in [0.5, 0.6) is 0 Å². The molecule has 24 heavy (non-hydrogen) atoms. The molecule has 8 heteroatoms. The lowest BCUT2D eigenvalue weighted by Gasteiger charge is -2.05. The van der Waals surface area contributed by atoms with Gasteiger partial charge >= 0.3 is 5.76 Å². The van der Waals surface area contributed by atoms with Crippen molar-refractivity contribution in [1.29, 1.82) is 0 Å². The van der Waals surface area contributed by atoms with E-state index in [9.17, 15) is 9.59 Å². The van der Waals surface area contributed by atoms with E-state index >= 15 is 0 Å². The minimum atomic E-state index is -0.585. The van der Waals surface area contributed by atoms with Gasteiger partial charge in [0, 0.05) is 22.7 Å². The number of aromatic nitrogens is 4. The molecule has 3 aromatic heterocycles. The minimum Gasteiger partial charge on any atom is -0.295 e. The average Bonchev–Trinajstić information content (AvgIpc) is 3.13. The highest BCUT2D eigenvalue weighted by Gasteiger charge is 2.15. The molecule has 7 nitrogen and oxygen atoms in total. The maximum Gasteiger partial charge on any atom is 0.442 e. The third-order valence-electron chi connectivity index (χ3n) is 3.67. The smallest absolute Gasteiger partial charge is 0.295 e. The van der Waals surface area contributed by atoms with Gasteiger partial charge in [-0.3, -0.25) is 18.3 Å². The molecule has 120 valence electrons. The Balaban J connectivity index is 1.81. The Morgan fingerprint density at radius 2 is 2.00 bits per heavy atom. The highest BCUT2D eigenvalue weighted by atomic mass is 32.1. The van der Waals surface area contributed by atoms with Gasteiger partial charge in [-0.1, -0.05) is 35.5 Å². The predicted molar refractivity (Wildman–Crippen MR) is 89.4 cm³/mol. The fourth-order valence-corrected chi connectivity index (χ4v) is 3.44.